The minimum atomic E-state index is 0.850. The van der Waals surface area contributed by atoms with Gasteiger partial charge in [-0.2, -0.15) is 5.10 Å². The number of nitrogens with zero attached hydrogens (tertiary/aromatic N) is 2. The lowest BCUT2D eigenvalue weighted by Crippen LogP contribution is -1.91. The van der Waals surface area contributed by atoms with E-state index < -0.39 is 0 Å². The number of aromatic nitrogens is 2. The fourth-order valence-electron chi connectivity index (χ4n) is 1.24. The molecule has 0 aliphatic carbocycles. The molecule has 0 N–H and O–H groups in total. The van der Waals surface area contributed by atoms with Gasteiger partial charge in [-0.1, -0.05) is 13.3 Å². The van der Waals surface area contributed by atoms with E-state index in [9.17, 15) is 0 Å². The monoisotopic (exact) mass is 151 g/mol. The molecular weight excluding hydrogens is 136 g/mol. The lowest BCUT2D eigenvalue weighted by molar-refractivity contribution is 0.733. The molecule has 2 nitrogen and oxygen atoms in total. The summed E-state index contributed by atoms with van der Waals surface area (Å²) in [6.07, 6.45) is 5.14. The maximum atomic E-state index is 4.35. The smallest absolute Gasteiger partial charge is 0.0656 e. The lowest BCUT2D eigenvalue weighted by atomic mass is 10.1. The van der Waals surface area contributed by atoms with Gasteiger partial charge in [0.2, 0.25) is 0 Å². The molecule has 11 heavy (non-hydrogen) atoms. The molecular formula is C9H15N2. The van der Waals surface area contributed by atoms with Crippen LogP contribution in [-0.2, 0) is 19.9 Å². The number of rotatable bonds is 3. The molecule has 0 saturated carbocycles. The van der Waals surface area contributed by atoms with Crippen molar-refractivity contribution < 1.29 is 0 Å². The summed E-state index contributed by atoms with van der Waals surface area (Å²) in [5, 5.41) is 4.35. The van der Waals surface area contributed by atoms with Crippen molar-refractivity contribution in [2.45, 2.75) is 26.2 Å². The summed E-state index contributed by atoms with van der Waals surface area (Å²) in [4.78, 5) is 0. The van der Waals surface area contributed by atoms with Crippen LogP contribution in [0.2, 0.25) is 0 Å². The highest BCUT2D eigenvalue weighted by atomic mass is 15.2. The Hall–Kier alpha value is -0.790. The third kappa shape index (κ3) is 1.82. The SMILES string of the molecule is [CH2]Cc1cn(C)nc1CCC. The Balaban J connectivity index is 2.83. The van der Waals surface area contributed by atoms with Crippen LogP contribution in [0.4, 0.5) is 0 Å². The van der Waals surface area contributed by atoms with Crippen molar-refractivity contribution in [3.8, 4) is 0 Å². The molecule has 0 spiro atoms. The zero-order valence-electron chi connectivity index (χ0n) is 7.30. The summed E-state index contributed by atoms with van der Waals surface area (Å²) in [5.74, 6) is 0. The van der Waals surface area contributed by atoms with Crippen LogP contribution in [0.5, 0.6) is 0 Å². The minimum Gasteiger partial charge on any atom is -0.275 e. The fourth-order valence-corrected chi connectivity index (χ4v) is 1.24. The number of hydrogen-bond donors (Lipinski definition) is 0. The van der Waals surface area contributed by atoms with Crippen molar-refractivity contribution in [2.24, 2.45) is 7.05 Å². The third-order valence-corrected chi connectivity index (χ3v) is 1.75. The van der Waals surface area contributed by atoms with E-state index in [1.807, 2.05) is 11.7 Å². The second-order valence-corrected chi connectivity index (χ2v) is 2.77. The van der Waals surface area contributed by atoms with Gasteiger partial charge in [0.25, 0.3) is 0 Å². The first-order valence-corrected chi connectivity index (χ1v) is 4.08. The Kier molecular flexibility index (Phi) is 2.69. The van der Waals surface area contributed by atoms with Crippen LogP contribution in [0.3, 0.4) is 0 Å². The Morgan fingerprint density at radius 3 is 2.91 bits per heavy atom. The van der Waals surface area contributed by atoms with E-state index in [1.165, 1.54) is 11.3 Å². The van der Waals surface area contributed by atoms with E-state index in [4.69, 9.17) is 0 Å². The predicted octanol–water partition coefficient (Wildman–Crippen LogP) is 1.75. The van der Waals surface area contributed by atoms with Crippen molar-refractivity contribution in [1.29, 1.82) is 0 Å². The maximum Gasteiger partial charge on any atom is 0.0656 e. The zero-order valence-corrected chi connectivity index (χ0v) is 7.30. The Morgan fingerprint density at radius 2 is 2.36 bits per heavy atom. The minimum absolute atomic E-state index is 0.850. The van der Waals surface area contributed by atoms with Gasteiger partial charge >= 0.3 is 0 Å². The molecule has 1 aromatic rings. The van der Waals surface area contributed by atoms with E-state index in [1.54, 1.807) is 0 Å². The highest BCUT2D eigenvalue weighted by molar-refractivity contribution is 5.17. The molecule has 0 aliphatic heterocycles. The van der Waals surface area contributed by atoms with Crippen molar-refractivity contribution in [3.63, 3.8) is 0 Å². The van der Waals surface area contributed by atoms with Crippen molar-refractivity contribution in [1.82, 2.24) is 9.78 Å². The van der Waals surface area contributed by atoms with Crippen LogP contribution in [0.1, 0.15) is 24.6 Å². The summed E-state index contributed by atoms with van der Waals surface area (Å²) in [6, 6.07) is 0. The van der Waals surface area contributed by atoms with Gasteiger partial charge in [-0.25, -0.2) is 0 Å². The average Bonchev–Trinajstić information content (AvgIpc) is 2.32. The van der Waals surface area contributed by atoms with Gasteiger partial charge < -0.3 is 0 Å². The summed E-state index contributed by atoms with van der Waals surface area (Å²) < 4.78 is 1.87. The molecule has 1 heterocycles. The second kappa shape index (κ2) is 3.56. The fraction of sp³-hybridized carbons (Fsp3) is 0.556. The van der Waals surface area contributed by atoms with E-state index >= 15 is 0 Å². The van der Waals surface area contributed by atoms with Crippen LogP contribution in [-0.4, -0.2) is 9.78 Å². The largest absolute Gasteiger partial charge is 0.275 e. The van der Waals surface area contributed by atoms with Crippen LogP contribution in [0.15, 0.2) is 6.20 Å². The van der Waals surface area contributed by atoms with Gasteiger partial charge in [-0.15, -0.1) is 0 Å². The quantitative estimate of drug-likeness (QED) is 0.643. The number of aryl methyl sites for hydroxylation is 2. The van der Waals surface area contributed by atoms with Crippen LogP contribution < -0.4 is 0 Å². The highest BCUT2D eigenvalue weighted by Gasteiger charge is 2.03. The summed E-state index contributed by atoms with van der Waals surface area (Å²) in [6.45, 7) is 6.03. The Labute approximate surface area is 68.2 Å². The van der Waals surface area contributed by atoms with Gasteiger partial charge in [-0.05, 0) is 25.3 Å². The van der Waals surface area contributed by atoms with Gasteiger partial charge in [0.1, 0.15) is 0 Å². The molecule has 1 aromatic heterocycles. The first kappa shape index (κ1) is 8.31. The second-order valence-electron chi connectivity index (χ2n) is 2.77. The molecule has 2 heteroatoms. The summed E-state index contributed by atoms with van der Waals surface area (Å²) in [5.41, 5.74) is 2.50. The van der Waals surface area contributed by atoms with Crippen molar-refractivity contribution >= 4 is 0 Å². The highest BCUT2D eigenvalue weighted by Crippen LogP contribution is 2.08. The van der Waals surface area contributed by atoms with Crippen LogP contribution >= 0.6 is 0 Å². The molecule has 0 unspecified atom stereocenters. The first-order chi connectivity index (χ1) is 5.27. The Morgan fingerprint density at radius 1 is 1.64 bits per heavy atom. The number of hydrogen-bond acceptors (Lipinski definition) is 1. The predicted molar refractivity (Wildman–Crippen MR) is 46.3 cm³/mol. The van der Waals surface area contributed by atoms with Gasteiger partial charge in [-0.3, -0.25) is 4.68 Å². The van der Waals surface area contributed by atoms with Crippen LogP contribution in [0, 0.1) is 6.92 Å². The van der Waals surface area contributed by atoms with Gasteiger partial charge in [0.05, 0.1) is 5.69 Å². The van der Waals surface area contributed by atoms with E-state index in [0.717, 1.165) is 19.3 Å². The first-order valence-electron chi connectivity index (χ1n) is 4.08. The third-order valence-electron chi connectivity index (χ3n) is 1.75. The van der Waals surface area contributed by atoms with Gasteiger partial charge in [0.15, 0.2) is 0 Å². The van der Waals surface area contributed by atoms with Crippen molar-refractivity contribution in [2.75, 3.05) is 0 Å². The van der Waals surface area contributed by atoms with Gasteiger partial charge in [0, 0.05) is 13.2 Å². The topological polar surface area (TPSA) is 17.8 Å². The van der Waals surface area contributed by atoms with E-state index in [-0.39, 0.29) is 0 Å². The molecule has 0 bridgehead atoms. The molecule has 0 atom stereocenters. The molecule has 0 saturated heterocycles. The van der Waals surface area contributed by atoms with Crippen LogP contribution in [0.25, 0.3) is 0 Å². The standard InChI is InChI=1S/C9H15N2/c1-4-6-9-8(5-2)7-11(3)10-9/h7H,2,4-6H2,1,3H3. The molecule has 0 aromatic carbocycles. The Bertz CT molecular complexity index is 225. The molecule has 0 fully saturated rings. The van der Waals surface area contributed by atoms with E-state index in [2.05, 4.69) is 25.1 Å². The molecule has 0 amide bonds. The maximum absolute atomic E-state index is 4.35. The summed E-state index contributed by atoms with van der Waals surface area (Å²) in [7, 11) is 1.96. The molecule has 0 aliphatic rings. The molecule has 1 radical (unpaired) electrons. The molecule has 61 valence electrons. The summed E-state index contributed by atoms with van der Waals surface area (Å²) >= 11 is 0. The lowest BCUT2D eigenvalue weighted by Gasteiger charge is -1.94. The van der Waals surface area contributed by atoms with Crippen molar-refractivity contribution in [3.05, 3.63) is 24.4 Å². The molecule has 1 rings (SSSR count). The van der Waals surface area contributed by atoms with E-state index in [0.29, 0.717) is 0 Å². The normalized spacial score (nSPS) is 10.5. The average molecular weight is 151 g/mol. The zero-order chi connectivity index (χ0) is 8.27.